The second kappa shape index (κ2) is 5.64. The number of nitrogens with one attached hydrogen (secondary N) is 1. The third-order valence-electron chi connectivity index (χ3n) is 4.89. The van der Waals surface area contributed by atoms with Crippen molar-refractivity contribution in [2.75, 3.05) is 11.9 Å². The van der Waals surface area contributed by atoms with Gasteiger partial charge >= 0.3 is 0 Å². The first-order chi connectivity index (χ1) is 10.0. The number of fused-ring (bicyclic) bond motifs is 2. The molecular weight excluding hydrogens is 282 g/mol. The van der Waals surface area contributed by atoms with Gasteiger partial charge in [0.2, 0.25) is 5.91 Å². The van der Waals surface area contributed by atoms with E-state index in [1.54, 1.807) is 12.1 Å². The van der Waals surface area contributed by atoms with Crippen molar-refractivity contribution in [3.63, 3.8) is 0 Å². The molecule has 2 bridgehead atoms. The predicted octanol–water partition coefficient (Wildman–Crippen LogP) is 2.28. The number of amides is 1. The van der Waals surface area contributed by atoms with E-state index in [-0.39, 0.29) is 0 Å². The third-order valence-corrected chi connectivity index (χ3v) is 5.28. The number of thiocarbonyl (C=S) groups is 1. The Labute approximate surface area is 130 Å². The summed E-state index contributed by atoms with van der Waals surface area (Å²) in [4.78, 5) is 13.0. The van der Waals surface area contributed by atoms with Crippen LogP contribution in [0.3, 0.4) is 0 Å². The lowest BCUT2D eigenvalue weighted by Gasteiger charge is -2.28. The summed E-state index contributed by atoms with van der Waals surface area (Å²) in [5.74, 6) is 1.28. The van der Waals surface area contributed by atoms with Crippen LogP contribution in [0, 0.1) is 11.8 Å². The summed E-state index contributed by atoms with van der Waals surface area (Å²) in [5, 5.41) is 4.26. The smallest absolute Gasteiger partial charge is 0.248 e. The molecule has 0 unspecified atom stereocenters. The summed E-state index contributed by atoms with van der Waals surface area (Å²) in [7, 11) is 1.95. The highest BCUT2D eigenvalue weighted by molar-refractivity contribution is 7.80. The molecule has 3 N–H and O–H groups in total. The van der Waals surface area contributed by atoms with Crippen LogP contribution in [0.25, 0.3) is 0 Å². The molecule has 5 heteroatoms. The monoisotopic (exact) mass is 303 g/mol. The van der Waals surface area contributed by atoms with Crippen LogP contribution in [0.4, 0.5) is 5.69 Å². The zero-order valence-electron chi connectivity index (χ0n) is 12.2. The van der Waals surface area contributed by atoms with Crippen LogP contribution in [0.5, 0.6) is 0 Å². The largest absolute Gasteiger partial charge is 0.366 e. The first-order valence-electron chi connectivity index (χ1n) is 7.48. The van der Waals surface area contributed by atoms with Crippen LogP contribution in [0.15, 0.2) is 24.3 Å². The Bertz CT molecular complexity index is 557. The minimum absolute atomic E-state index is 0.410. The van der Waals surface area contributed by atoms with E-state index in [1.165, 1.54) is 25.7 Å². The first-order valence-corrected chi connectivity index (χ1v) is 7.89. The summed E-state index contributed by atoms with van der Waals surface area (Å²) in [5.41, 5.74) is 6.72. The molecular formula is C16H21N3OS. The Balaban J connectivity index is 1.62. The molecule has 2 fully saturated rings. The SMILES string of the molecule is CN(C(=S)N[C@H]1C[C@H]2CC[C@H]1C2)c1ccc(C(N)=O)cc1. The molecule has 0 aromatic heterocycles. The number of rotatable bonds is 3. The molecule has 0 aliphatic heterocycles. The van der Waals surface area contributed by atoms with Crippen molar-refractivity contribution in [3.8, 4) is 0 Å². The van der Waals surface area contributed by atoms with Gasteiger partial charge in [0, 0.05) is 24.3 Å². The van der Waals surface area contributed by atoms with Crippen LogP contribution in [-0.2, 0) is 0 Å². The Hall–Kier alpha value is -1.62. The Morgan fingerprint density at radius 1 is 1.29 bits per heavy atom. The van der Waals surface area contributed by atoms with Crippen LogP contribution < -0.4 is 16.0 Å². The molecule has 1 amide bonds. The van der Waals surface area contributed by atoms with Crippen LogP contribution in [0.1, 0.15) is 36.0 Å². The van der Waals surface area contributed by atoms with Gasteiger partial charge in [-0.3, -0.25) is 4.79 Å². The summed E-state index contributed by atoms with van der Waals surface area (Å²) < 4.78 is 0. The van der Waals surface area contributed by atoms with Crippen molar-refractivity contribution < 1.29 is 4.79 Å². The van der Waals surface area contributed by atoms with E-state index in [1.807, 2.05) is 24.1 Å². The van der Waals surface area contributed by atoms with E-state index >= 15 is 0 Å². The molecule has 2 aliphatic carbocycles. The van der Waals surface area contributed by atoms with Gasteiger partial charge in [-0.25, -0.2) is 0 Å². The predicted molar refractivity (Wildman–Crippen MR) is 88.3 cm³/mol. The van der Waals surface area contributed by atoms with Gasteiger partial charge < -0.3 is 16.0 Å². The minimum Gasteiger partial charge on any atom is -0.366 e. The fourth-order valence-corrected chi connectivity index (χ4v) is 3.90. The number of nitrogens with two attached hydrogens (primary N) is 1. The van der Waals surface area contributed by atoms with Crippen molar-refractivity contribution in [2.24, 2.45) is 17.6 Å². The van der Waals surface area contributed by atoms with Crippen molar-refractivity contribution in [1.82, 2.24) is 5.32 Å². The average Bonchev–Trinajstić information content (AvgIpc) is 3.09. The van der Waals surface area contributed by atoms with Gasteiger partial charge in [0.15, 0.2) is 5.11 Å². The van der Waals surface area contributed by atoms with E-state index < -0.39 is 5.91 Å². The van der Waals surface area contributed by atoms with Gasteiger partial charge in [-0.1, -0.05) is 6.42 Å². The lowest BCUT2D eigenvalue weighted by Crippen LogP contribution is -2.45. The third kappa shape index (κ3) is 2.88. The van der Waals surface area contributed by atoms with Crippen molar-refractivity contribution in [2.45, 2.75) is 31.7 Å². The van der Waals surface area contributed by atoms with E-state index in [2.05, 4.69) is 5.32 Å². The fraction of sp³-hybridized carbons (Fsp3) is 0.500. The molecule has 3 atom stereocenters. The molecule has 0 radical (unpaired) electrons. The molecule has 4 nitrogen and oxygen atoms in total. The molecule has 0 spiro atoms. The summed E-state index contributed by atoms with van der Waals surface area (Å²) in [6, 6.07) is 7.73. The number of carbonyl (C=O) groups is 1. The second-order valence-corrected chi connectivity index (χ2v) is 6.59. The maximum atomic E-state index is 11.1. The highest BCUT2D eigenvalue weighted by atomic mass is 32.1. The summed E-state index contributed by atoms with van der Waals surface area (Å²) in [6.07, 6.45) is 5.33. The van der Waals surface area contributed by atoms with Crippen molar-refractivity contribution in [1.29, 1.82) is 0 Å². The highest BCUT2D eigenvalue weighted by Crippen LogP contribution is 2.44. The maximum Gasteiger partial charge on any atom is 0.248 e. The Morgan fingerprint density at radius 3 is 2.52 bits per heavy atom. The Kier molecular flexibility index (Phi) is 3.85. The highest BCUT2D eigenvalue weighted by Gasteiger charge is 2.39. The number of nitrogens with zero attached hydrogens (tertiary/aromatic N) is 1. The van der Waals surface area contributed by atoms with E-state index in [0.29, 0.717) is 11.6 Å². The molecule has 2 aliphatic rings. The van der Waals surface area contributed by atoms with Gasteiger partial charge in [0.25, 0.3) is 0 Å². The number of benzene rings is 1. The van der Waals surface area contributed by atoms with Gasteiger partial charge in [0.1, 0.15) is 0 Å². The standard InChI is InChI=1S/C16H21N3OS/c1-19(13-6-4-11(5-7-13)15(17)20)16(21)18-14-9-10-2-3-12(14)8-10/h4-7,10,12,14H,2-3,8-9H2,1H3,(H2,17,20)(H,18,21)/t10-,12-,14-/m0/s1. The second-order valence-electron chi connectivity index (χ2n) is 6.20. The number of hydrogen-bond acceptors (Lipinski definition) is 2. The van der Waals surface area contributed by atoms with Gasteiger partial charge in [-0.15, -0.1) is 0 Å². The van der Waals surface area contributed by atoms with Gasteiger partial charge in [0.05, 0.1) is 0 Å². The van der Waals surface area contributed by atoms with Crippen LogP contribution >= 0.6 is 12.2 Å². The molecule has 2 saturated carbocycles. The normalized spacial score (nSPS) is 26.6. The zero-order chi connectivity index (χ0) is 15.0. The molecule has 3 rings (SSSR count). The fourth-order valence-electron chi connectivity index (χ4n) is 3.64. The van der Waals surface area contributed by atoms with Crippen molar-refractivity contribution in [3.05, 3.63) is 29.8 Å². The topological polar surface area (TPSA) is 58.4 Å². The number of anilines is 1. The molecule has 0 heterocycles. The number of primary amides is 1. The van der Waals surface area contributed by atoms with E-state index in [9.17, 15) is 4.79 Å². The van der Waals surface area contributed by atoms with Crippen LogP contribution in [-0.4, -0.2) is 24.1 Å². The van der Waals surface area contributed by atoms with Gasteiger partial charge in [-0.05, 0) is 67.6 Å². The quantitative estimate of drug-likeness (QED) is 0.841. The number of hydrogen-bond donors (Lipinski definition) is 2. The maximum absolute atomic E-state index is 11.1. The van der Waals surface area contributed by atoms with E-state index in [0.717, 1.165) is 22.6 Å². The molecule has 0 saturated heterocycles. The summed E-state index contributed by atoms with van der Waals surface area (Å²) in [6.45, 7) is 0. The number of carbonyl (C=O) groups excluding carboxylic acids is 1. The molecule has 21 heavy (non-hydrogen) atoms. The molecule has 1 aromatic rings. The van der Waals surface area contributed by atoms with Gasteiger partial charge in [-0.2, -0.15) is 0 Å². The van der Waals surface area contributed by atoms with E-state index in [4.69, 9.17) is 18.0 Å². The first kappa shape index (κ1) is 14.3. The Morgan fingerprint density at radius 2 is 2.00 bits per heavy atom. The van der Waals surface area contributed by atoms with Crippen molar-refractivity contribution >= 4 is 28.9 Å². The van der Waals surface area contributed by atoms with Crippen LogP contribution in [0.2, 0.25) is 0 Å². The lowest BCUT2D eigenvalue weighted by molar-refractivity contribution is 0.100. The average molecular weight is 303 g/mol. The molecule has 112 valence electrons. The lowest BCUT2D eigenvalue weighted by atomic mass is 9.95. The zero-order valence-corrected chi connectivity index (χ0v) is 13.0. The minimum atomic E-state index is -0.410. The summed E-state index contributed by atoms with van der Waals surface area (Å²) >= 11 is 5.52. The molecule has 1 aromatic carbocycles.